The smallest absolute Gasteiger partial charge is 0.281 e. The fourth-order valence-electron chi connectivity index (χ4n) is 1.37. The van der Waals surface area contributed by atoms with Crippen molar-refractivity contribution in [2.24, 2.45) is 0 Å². The summed E-state index contributed by atoms with van der Waals surface area (Å²) < 4.78 is 31.9. The van der Waals surface area contributed by atoms with Gasteiger partial charge in [0.1, 0.15) is 0 Å². The Balaban J connectivity index is 2.55. The van der Waals surface area contributed by atoms with Crippen LogP contribution in [0, 0.1) is 0 Å². The minimum Gasteiger partial charge on any atom is -0.379 e. The molecule has 1 saturated heterocycles. The van der Waals surface area contributed by atoms with Crippen LogP contribution < -0.4 is 0 Å². The Hall–Kier alpha value is 0.310. The summed E-state index contributed by atoms with van der Waals surface area (Å²) in [6.45, 7) is 2.45. The molecule has 5 nitrogen and oxygen atoms in total. The third kappa shape index (κ3) is 3.67. The van der Waals surface area contributed by atoms with Gasteiger partial charge in [0.05, 0.1) is 13.2 Å². The lowest BCUT2D eigenvalue weighted by atomic mass is 10.5. The second-order valence-electron chi connectivity index (χ2n) is 3.38. The molecule has 0 bridgehead atoms. The van der Waals surface area contributed by atoms with Gasteiger partial charge in [0, 0.05) is 32.0 Å². The normalized spacial score (nSPS) is 19.7. The predicted molar refractivity (Wildman–Crippen MR) is 62.4 cm³/mol. The molecule has 15 heavy (non-hydrogen) atoms. The molecule has 0 radical (unpaired) electrons. The molecular weight excluding hydrogens is 284 g/mol. The Morgan fingerprint density at radius 3 is 2.53 bits per heavy atom. The second-order valence-corrected chi connectivity index (χ2v) is 6.21. The first-order valence-corrected chi connectivity index (χ1v) is 7.46. The number of nitrogens with zero attached hydrogens (tertiary/aromatic N) is 2. The summed E-state index contributed by atoms with van der Waals surface area (Å²) in [6.07, 6.45) is 0.820. The van der Waals surface area contributed by atoms with Gasteiger partial charge in [-0.15, -0.1) is 0 Å². The van der Waals surface area contributed by atoms with Gasteiger partial charge in [-0.25, -0.2) is 0 Å². The van der Waals surface area contributed by atoms with E-state index >= 15 is 0 Å². The lowest BCUT2D eigenvalue weighted by Gasteiger charge is -2.30. The maximum atomic E-state index is 12.0. The lowest BCUT2D eigenvalue weighted by Crippen LogP contribution is -2.47. The first-order chi connectivity index (χ1) is 7.09. The van der Waals surface area contributed by atoms with Crippen LogP contribution in [0.25, 0.3) is 0 Å². The van der Waals surface area contributed by atoms with E-state index in [0.717, 1.165) is 11.8 Å². The number of alkyl halides is 1. The maximum absolute atomic E-state index is 12.0. The average molecular weight is 301 g/mol. The number of halogens is 1. The fraction of sp³-hybridized carbons (Fsp3) is 1.00. The largest absolute Gasteiger partial charge is 0.379 e. The molecule has 0 saturated carbocycles. The Kier molecular flexibility index (Phi) is 5.48. The van der Waals surface area contributed by atoms with Crippen molar-refractivity contribution < 1.29 is 13.2 Å². The number of hydrogen-bond donors (Lipinski definition) is 0. The van der Waals surface area contributed by atoms with E-state index in [1.807, 2.05) is 0 Å². The number of rotatable bonds is 5. The van der Waals surface area contributed by atoms with E-state index in [0.29, 0.717) is 32.8 Å². The average Bonchev–Trinajstić information content (AvgIpc) is 2.27. The molecule has 0 aliphatic carbocycles. The van der Waals surface area contributed by atoms with E-state index in [1.54, 1.807) is 7.05 Å². The Morgan fingerprint density at radius 2 is 2.00 bits per heavy atom. The molecule has 1 fully saturated rings. The molecule has 0 atom stereocenters. The van der Waals surface area contributed by atoms with Gasteiger partial charge in [-0.2, -0.15) is 17.0 Å². The first-order valence-electron chi connectivity index (χ1n) is 4.94. The van der Waals surface area contributed by atoms with Gasteiger partial charge < -0.3 is 4.74 Å². The van der Waals surface area contributed by atoms with Crippen LogP contribution in [0.2, 0.25) is 0 Å². The van der Waals surface area contributed by atoms with Gasteiger partial charge in [0.15, 0.2) is 0 Å². The summed E-state index contributed by atoms with van der Waals surface area (Å²) in [6, 6.07) is 0. The van der Waals surface area contributed by atoms with Crippen molar-refractivity contribution in [3.8, 4) is 0 Å². The topological polar surface area (TPSA) is 49.9 Å². The molecule has 0 unspecified atom stereocenters. The zero-order valence-corrected chi connectivity index (χ0v) is 11.3. The van der Waals surface area contributed by atoms with E-state index in [1.165, 1.54) is 8.61 Å². The van der Waals surface area contributed by atoms with Gasteiger partial charge >= 0.3 is 0 Å². The van der Waals surface area contributed by atoms with E-state index in [2.05, 4.69) is 15.9 Å². The zero-order chi connectivity index (χ0) is 11.3. The molecule has 0 aromatic heterocycles. The Bertz CT molecular complexity index is 278. The van der Waals surface area contributed by atoms with Crippen LogP contribution in [0.5, 0.6) is 0 Å². The molecular formula is C8H17BrN2O3S. The summed E-state index contributed by atoms with van der Waals surface area (Å²) >= 11 is 3.29. The summed E-state index contributed by atoms with van der Waals surface area (Å²) in [5.74, 6) is 0. The highest BCUT2D eigenvalue weighted by atomic mass is 79.9. The highest BCUT2D eigenvalue weighted by Crippen LogP contribution is 2.09. The van der Waals surface area contributed by atoms with Crippen molar-refractivity contribution in [2.45, 2.75) is 6.42 Å². The monoisotopic (exact) mass is 300 g/mol. The first kappa shape index (κ1) is 13.4. The van der Waals surface area contributed by atoms with Crippen LogP contribution in [0.15, 0.2) is 0 Å². The molecule has 90 valence electrons. The van der Waals surface area contributed by atoms with Crippen LogP contribution in [-0.4, -0.2) is 62.3 Å². The van der Waals surface area contributed by atoms with Crippen LogP contribution in [0.1, 0.15) is 6.42 Å². The lowest BCUT2D eigenvalue weighted by molar-refractivity contribution is 0.0706. The maximum Gasteiger partial charge on any atom is 0.281 e. The highest BCUT2D eigenvalue weighted by molar-refractivity contribution is 9.09. The third-order valence-corrected chi connectivity index (χ3v) is 4.85. The molecule has 1 heterocycles. The fourth-order valence-corrected chi connectivity index (χ4v) is 2.99. The van der Waals surface area contributed by atoms with Crippen molar-refractivity contribution in [2.75, 3.05) is 45.2 Å². The molecule has 1 rings (SSSR count). The molecule has 0 aromatic rings. The number of morpholine rings is 1. The van der Waals surface area contributed by atoms with Gasteiger partial charge in [-0.3, -0.25) is 0 Å². The molecule has 7 heteroatoms. The van der Waals surface area contributed by atoms with Crippen LogP contribution >= 0.6 is 15.9 Å². The molecule has 0 spiro atoms. The van der Waals surface area contributed by atoms with Gasteiger partial charge in [-0.1, -0.05) is 15.9 Å². The van der Waals surface area contributed by atoms with E-state index < -0.39 is 10.2 Å². The van der Waals surface area contributed by atoms with E-state index in [4.69, 9.17) is 4.74 Å². The summed E-state index contributed by atoms with van der Waals surface area (Å²) in [5, 5.41) is 0.815. The van der Waals surface area contributed by atoms with Crippen LogP contribution in [0.3, 0.4) is 0 Å². The van der Waals surface area contributed by atoms with Crippen molar-refractivity contribution in [1.29, 1.82) is 0 Å². The summed E-state index contributed by atoms with van der Waals surface area (Å²) in [7, 11) is -1.65. The highest BCUT2D eigenvalue weighted by Gasteiger charge is 2.27. The van der Waals surface area contributed by atoms with Gasteiger partial charge in [0.2, 0.25) is 0 Å². The van der Waals surface area contributed by atoms with Crippen LogP contribution in [-0.2, 0) is 14.9 Å². The standard InChI is InChI=1S/C8H17BrN2O3S/c1-10(4-2-3-9)15(12,13)11-5-7-14-8-6-11/h2-8H2,1H3. The predicted octanol–water partition coefficient (Wildman–Crippen LogP) is 0.280. The van der Waals surface area contributed by atoms with Crippen molar-refractivity contribution in [1.82, 2.24) is 8.61 Å². The SMILES string of the molecule is CN(CCCBr)S(=O)(=O)N1CCOCC1. The van der Waals surface area contributed by atoms with Crippen molar-refractivity contribution >= 4 is 26.1 Å². The minimum absolute atomic E-state index is 0.459. The van der Waals surface area contributed by atoms with Crippen LogP contribution in [0.4, 0.5) is 0 Å². The summed E-state index contributed by atoms with van der Waals surface area (Å²) in [4.78, 5) is 0. The Morgan fingerprint density at radius 1 is 1.40 bits per heavy atom. The summed E-state index contributed by atoms with van der Waals surface area (Å²) in [5.41, 5.74) is 0. The number of ether oxygens (including phenoxy) is 1. The molecule has 0 N–H and O–H groups in total. The Labute approximate surface area is 99.7 Å². The zero-order valence-electron chi connectivity index (χ0n) is 8.86. The molecule has 0 aromatic carbocycles. The third-order valence-electron chi connectivity index (χ3n) is 2.30. The van der Waals surface area contributed by atoms with Gasteiger partial charge in [0.25, 0.3) is 10.2 Å². The molecule has 0 amide bonds. The molecule has 1 aliphatic heterocycles. The van der Waals surface area contributed by atoms with Gasteiger partial charge in [-0.05, 0) is 6.42 Å². The molecule has 1 aliphatic rings. The number of hydrogen-bond acceptors (Lipinski definition) is 3. The van der Waals surface area contributed by atoms with E-state index in [9.17, 15) is 8.42 Å². The van der Waals surface area contributed by atoms with E-state index in [-0.39, 0.29) is 0 Å². The quantitative estimate of drug-likeness (QED) is 0.685. The van der Waals surface area contributed by atoms with Crippen molar-refractivity contribution in [3.05, 3.63) is 0 Å². The minimum atomic E-state index is -3.27. The van der Waals surface area contributed by atoms with Crippen molar-refractivity contribution in [3.63, 3.8) is 0 Å². The second kappa shape index (κ2) is 6.15.